The van der Waals surface area contributed by atoms with Crippen LogP contribution in [0.15, 0.2) is 60.7 Å². The standard InChI is InChI=1S/C18H15N3O3/c1-2-23-18(22)15-17(24-14-11-7-4-8-12-14)19-16(21-20-15)13-9-5-3-6-10-13/h3-12H,2H2,1H3. The molecule has 3 rings (SSSR count). The van der Waals surface area contributed by atoms with Gasteiger partial charge in [0.25, 0.3) is 5.88 Å². The molecule has 0 saturated heterocycles. The molecule has 0 amide bonds. The van der Waals surface area contributed by atoms with Gasteiger partial charge in [0.15, 0.2) is 5.82 Å². The maximum Gasteiger partial charge on any atom is 0.364 e. The third-order valence-corrected chi connectivity index (χ3v) is 3.11. The molecule has 1 heterocycles. The predicted octanol–water partition coefficient (Wildman–Crippen LogP) is 3.51. The van der Waals surface area contributed by atoms with Crippen molar-refractivity contribution in [3.8, 4) is 23.0 Å². The van der Waals surface area contributed by atoms with Gasteiger partial charge in [-0.2, -0.15) is 4.98 Å². The van der Waals surface area contributed by atoms with Crippen molar-refractivity contribution in [2.24, 2.45) is 0 Å². The van der Waals surface area contributed by atoms with Crippen LogP contribution in [-0.2, 0) is 4.74 Å². The van der Waals surface area contributed by atoms with E-state index in [0.29, 0.717) is 11.6 Å². The first-order valence-electron chi connectivity index (χ1n) is 7.48. The first kappa shape index (κ1) is 15.6. The molecule has 0 atom stereocenters. The van der Waals surface area contributed by atoms with E-state index in [-0.39, 0.29) is 18.2 Å². The van der Waals surface area contributed by atoms with E-state index < -0.39 is 5.97 Å². The minimum atomic E-state index is -0.622. The highest BCUT2D eigenvalue weighted by atomic mass is 16.5. The smallest absolute Gasteiger partial charge is 0.364 e. The number of carbonyl (C=O) groups excluding carboxylic acids is 1. The van der Waals surface area contributed by atoms with Crippen LogP contribution in [-0.4, -0.2) is 27.8 Å². The Morgan fingerprint density at radius 2 is 1.62 bits per heavy atom. The zero-order valence-corrected chi connectivity index (χ0v) is 13.0. The Bertz CT molecular complexity index is 823. The monoisotopic (exact) mass is 321 g/mol. The van der Waals surface area contributed by atoms with Crippen LogP contribution >= 0.6 is 0 Å². The van der Waals surface area contributed by atoms with E-state index in [0.717, 1.165) is 5.56 Å². The van der Waals surface area contributed by atoms with E-state index in [1.54, 1.807) is 19.1 Å². The lowest BCUT2D eigenvalue weighted by Crippen LogP contribution is -2.12. The second-order valence-corrected chi connectivity index (χ2v) is 4.79. The Balaban J connectivity index is 2.02. The fourth-order valence-corrected chi connectivity index (χ4v) is 2.02. The summed E-state index contributed by atoms with van der Waals surface area (Å²) in [5.74, 6) is 0.355. The van der Waals surface area contributed by atoms with Gasteiger partial charge in [0.05, 0.1) is 6.61 Å². The lowest BCUT2D eigenvalue weighted by molar-refractivity contribution is 0.0514. The minimum Gasteiger partial charge on any atom is -0.461 e. The third-order valence-electron chi connectivity index (χ3n) is 3.11. The number of nitrogens with zero attached hydrogens (tertiary/aromatic N) is 3. The van der Waals surface area contributed by atoms with Crippen molar-refractivity contribution in [2.75, 3.05) is 6.61 Å². The molecule has 6 nitrogen and oxygen atoms in total. The molecule has 0 aliphatic rings. The van der Waals surface area contributed by atoms with Crippen molar-refractivity contribution in [1.82, 2.24) is 15.2 Å². The van der Waals surface area contributed by atoms with Gasteiger partial charge in [0, 0.05) is 5.56 Å². The molecule has 0 unspecified atom stereocenters. The van der Waals surface area contributed by atoms with Gasteiger partial charge < -0.3 is 9.47 Å². The van der Waals surface area contributed by atoms with E-state index in [4.69, 9.17) is 9.47 Å². The zero-order chi connectivity index (χ0) is 16.8. The third kappa shape index (κ3) is 3.55. The van der Waals surface area contributed by atoms with E-state index >= 15 is 0 Å². The number of esters is 1. The summed E-state index contributed by atoms with van der Waals surface area (Å²) in [6, 6.07) is 18.4. The molecular formula is C18H15N3O3. The Hall–Kier alpha value is -3.28. The Labute approximate surface area is 139 Å². The van der Waals surface area contributed by atoms with Crippen LogP contribution < -0.4 is 4.74 Å². The molecule has 3 aromatic rings. The SMILES string of the molecule is CCOC(=O)c1nnc(-c2ccccc2)nc1Oc1ccccc1. The van der Waals surface area contributed by atoms with Crippen LogP contribution in [0, 0.1) is 0 Å². The minimum absolute atomic E-state index is 0.0552. The number of benzene rings is 2. The second kappa shape index (κ2) is 7.32. The molecule has 0 spiro atoms. The molecule has 2 aromatic carbocycles. The fourth-order valence-electron chi connectivity index (χ4n) is 2.02. The van der Waals surface area contributed by atoms with Gasteiger partial charge in [-0.1, -0.05) is 48.5 Å². The summed E-state index contributed by atoms with van der Waals surface area (Å²) in [5.41, 5.74) is 0.721. The summed E-state index contributed by atoms with van der Waals surface area (Å²) >= 11 is 0. The number of hydrogen-bond donors (Lipinski definition) is 0. The van der Waals surface area contributed by atoms with Crippen molar-refractivity contribution in [2.45, 2.75) is 6.92 Å². The van der Waals surface area contributed by atoms with Crippen LogP contribution in [0.2, 0.25) is 0 Å². The number of hydrogen-bond acceptors (Lipinski definition) is 6. The maximum atomic E-state index is 12.1. The molecule has 1 aromatic heterocycles. The number of rotatable bonds is 5. The highest BCUT2D eigenvalue weighted by Gasteiger charge is 2.20. The lowest BCUT2D eigenvalue weighted by Gasteiger charge is -2.09. The average molecular weight is 321 g/mol. The Morgan fingerprint density at radius 1 is 0.958 bits per heavy atom. The topological polar surface area (TPSA) is 74.2 Å². The largest absolute Gasteiger partial charge is 0.461 e. The molecule has 120 valence electrons. The number of para-hydroxylation sites is 1. The summed E-state index contributed by atoms with van der Waals surface area (Å²) in [5, 5.41) is 7.97. The van der Waals surface area contributed by atoms with Gasteiger partial charge in [-0.05, 0) is 19.1 Å². The highest BCUT2D eigenvalue weighted by Crippen LogP contribution is 2.24. The maximum absolute atomic E-state index is 12.1. The van der Waals surface area contributed by atoms with Crippen molar-refractivity contribution in [3.05, 3.63) is 66.4 Å². The molecular weight excluding hydrogens is 306 g/mol. The summed E-state index contributed by atoms with van der Waals surface area (Å²) in [6.45, 7) is 1.94. The van der Waals surface area contributed by atoms with Gasteiger partial charge in [-0.3, -0.25) is 0 Å². The molecule has 0 aliphatic heterocycles. The van der Waals surface area contributed by atoms with Gasteiger partial charge >= 0.3 is 5.97 Å². The van der Waals surface area contributed by atoms with Gasteiger partial charge in [0.1, 0.15) is 5.75 Å². The molecule has 24 heavy (non-hydrogen) atoms. The van der Waals surface area contributed by atoms with Gasteiger partial charge in [0.2, 0.25) is 5.69 Å². The molecule has 0 aliphatic carbocycles. The lowest BCUT2D eigenvalue weighted by atomic mass is 10.2. The zero-order valence-electron chi connectivity index (χ0n) is 13.0. The number of aromatic nitrogens is 3. The molecule has 0 saturated carbocycles. The Kier molecular flexibility index (Phi) is 4.76. The fraction of sp³-hybridized carbons (Fsp3) is 0.111. The predicted molar refractivity (Wildman–Crippen MR) is 87.7 cm³/mol. The van der Waals surface area contributed by atoms with Crippen LogP contribution in [0.3, 0.4) is 0 Å². The quantitative estimate of drug-likeness (QED) is 0.670. The van der Waals surface area contributed by atoms with Crippen molar-refractivity contribution < 1.29 is 14.3 Å². The second-order valence-electron chi connectivity index (χ2n) is 4.79. The van der Waals surface area contributed by atoms with Crippen LogP contribution in [0.1, 0.15) is 17.4 Å². The highest BCUT2D eigenvalue weighted by molar-refractivity contribution is 5.89. The molecule has 0 bridgehead atoms. The van der Waals surface area contributed by atoms with E-state index in [1.165, 1.54) is 0 Å². The molecule has 0 radical (unpaired) electrons. The molecule has 0 fully saturated rings. The van der Waals surface area contributed by atoms with Crippen LogP contribution in [0.25, 0.3) is 11.4 Å². The molecule has 6 heteroatoms. The van der Waals surface area contributed by atoms with E-state index in [1.807, 2.05) is 48.5 Å². The Morgan fingerprint density at radius 3 is 2.29 bits per heavy atom. The first-order chi connectivity index (χ1) is 11.8. The summed E-state index contributed by atoms with van der Waals surface area (Å²) in [7, 11) is 0. The van der Waals surface area contributed by atoms with Crippen LogP contribution in [0.5, 0.6) is 11.6 Å². The van der Waals surface area contributed by atoms with E-state index in [9.17, 15) is 4.79 Å². The average Bonchev–Trinajstić information content (AvgIpc) is 2.63. The van der Waals surface area contributed by atoms with Crippen LogP contribution in [0.4, 0.5) is 0 Å². The first-order valence-corrected chi connectivity index (χ1v) is 7.48. The van der Waals surface area contributed by atoms with Crippen molar-refractivity contribution in [1.29, 1.82) is 0 Å². The summed E-state index contributed by atoms with van der Waals surface area (Å²) in [6.07, 6.45) is 0. The van der Waals surface area contributed by atoms with Crippen molar-refractivity contribution >= 4 is 5.97 Å². The van der Waals surface area contributed by atoms with Crippen molar-refractivity contribution in [3.63, 3.8) is 0 Å². The van der Waals surface area contributed by atoms with E-state index in [2.05, 4.69) is 15.2 Å². The van der Waals surface area contributed by atoms with Gasteiger partial charge in [-0.15, -0.1) is 10.2 Å². The van der Waals surface area contributed by atoms with Gasteiger partial charge in [-0.25, -0.2) is 4.79 Å². The number of carbonyl (C=O) groups is 1. The normalized spacial score (nSPS) is 10.2. The molecule has 0 N–H and O–H groups in total. The number of ether oxygens (including phenoxy) is 2. The summed E-state index contributed by atoms with van der Waals surface area (Å²) < 4.78 is 10.7. The summed E-state index contributed by atoms with van der Waals surface area (Å²) in [4.78, 5) is 16.4.